The normalized spacial score (nSPS) is 12.1. The van der Waals surface area contributed by atoms with Crippen LogP contribution in [0.25, 0.3) is 44.3 Å². The number of fused-ring (bicyclic) bond motifs is 1. The zero-order valence-corrected chi connectivity index (χ0v) is 23.0. The molecule has 0 atom stereocenters. The van der Waals surface area contributed by atoms with Gasteiger partial charge in [-0.15, -0.1) is 11.8 Å². The summed E-state index contributed by atoms with van der Waals surface area (Å²) in [4.78, 5) is 5.91. The zero-order valence-electron chi connectivity index (χ0n) is 21.4. The molecule has 0 amide bonds. The van der Waals surface area contributed by atoms with E-state index in [0.717, 1.165) is 38.7 Å². The lowest BCUT2D eigenvalue weighted by Gasteiger charge is -2.24. The fraction of sp³-hybridized carbons (Fsp3) is 0.156. The van der Waals surface area contributed by atoms with Crippen LogP contribution in [0.3, 0.4) is 0 Å². The summed E-state index contributed by atoms with van der Waals surface area (Å²) in [6.45, 7) is 3.53. The Bertz CT molecular complexity index is 1710. The molecule has 5 aromatic rings. The molecule has 5 heteroatoms. The van der Waals surface area contributed by atoms with Crippen molar-refractivity contribution in [1.29, 1.82) is 0 Å². The van der Waals surface area contributed by atoms with Crippen molar-refractivity contribution in [3.63, 3.8) is 0 Å². The quantitative estimate of drug-likeness (QED) is 0.210. The fourth-order valence-electron chi connectivity index (χ4n) is 4.59. The highest BCUT2D eigenvalue weighted by atomic mass is 32.2. The smallest absolute Gasteiger partial charge is 0.156 e. The number of nitrogens with zero attached hydrogens (tertiary/aromatic N) is 1. The fourth-order valence-corrected chi connectivity index (χ4v) is 5.54. The Morgan fingerprint density at radius 2 is 1.35 bits per heavy atom. The molecule has 3 nitrogen and oxygen atoms in total. The summed E-state index contributed by atoms with van der Waals surface area (Å²) in [6.07, 6.45) is 5.16. The maximum Gasteiger partial charge on any atom is 0.156 e. The van der Waals surface area contributed by atoms with Gasteiger partial charge in [-0.05, 0) is 89.9 Å². The molecular formula is C32H29NO2S2. The minimum absolute atomic E-state index is 0.755. The molecule has 0 saturated heterocycles. The average Bonchev–Trinajstić information content (AvgIpc) is 2.92. The van der Waals surface area contributed by atoms with Gasteiger partial charge in [-0.1, -0.05) is 60.7 Å². The maximum atomic E-state index is 12.7. The van der Waals surface area contributed by atoms with Crippen molar-refractivity contribution >= 4 is 32.5 Å². The van der Waals surface area contributed by atoms with E-state index >= 15 is 0 Å². The number of pyridine rings is 1. The third kappa shape index (κ3) is 4.81. The molecule has 37 heavy (non-hydrogen) atoms. The van der Waals surface area contributed by atoms with Gasteiger partial charge in [0.2, 0.25) is 0 Å². The van der Waals surface area contributed by atoms with Crippen molar-refractivity contribution in [1.82, 2.24) is 4.98 Å². The van der Waals surface area contributed by atoms with Gasteiger partial charge in [0, 0.05) is 28.3 Å². The molecule has 4 aromatic carbocycles. The Kier molecular flexibility index (Phi) is 6.69. The first-order chi connectivity index (χ1) is 17.7. The van der Waals surface area contributed by atoms with Crippen LogP contribution in [0.2, 0.25) is 0 Å². The van der Waals surface area contributed by atoms with Gasteiger partial charge < -0.3 is 0 Å². The topological polar surface area (TPSA) is 47.0 Å². The second kappa shape index (κ2) is 9.81. The third-order valence-corrected chi connectivity index (χ3v) is 9.97. The van der Waals surface area contributed by atoms with E-state index in [-0.39, 0.29) is 0 Å². The molecule has 0 saturated carbocycles. The Balaban J connectivity index is 1.68. The number of aromatic nitrogens is 1. The minimum atomic E-state index is -3.34. The molecule has 0 aliphatic rings. The molecule has 0 radical (unpaired) electrons. The molecule has 1 aromatic heterocycles. The monoisotopic (exact) mass is 523 g/mol. The number of rotatable bonds is 6. The van der Waals surface area contributed by atoms with E-state index in [2.05, 4.69) is 84.0 Å². The van der Waals surface area contributed by atoms with Gasteiger partial charge in [-0.25, -0.2) is 8.42 Å². The summed E-state index contributed by atoms with van der Waals surface area (Å²) in [5, 5.41) is 0.923. The maximum absolute atomic E-state index is 12.7. The second-order valence-electron chi connectivity index (χ2n) is 9.74. The Hall–Kier alpha value is -3.41. The van der Waals surface area contributed by atoms with Crippen molar-refractivity contribution in [2.24, 2.45) is 0 Å². The molecular weight excluding hydrogens is 494 g/mol. The number of thioether (sulfide) groups is 1. The lowest BCUT2D eigenvalue weighted by atomic mass is 9.90. The molecule has 0 aliphatic heterocycles. The van der Waals surface area contributed by atoms with Gasteiger partial charge >= 0.3 is 0 Å². The Labute approximate surface area is 223 Å². The van der Waals surface area contributed by atoms with Crippen LogP contribution in [0.4, 0.5) is 0 Å². The summed E-state index contributed by atoms with van der Waals surface area (Å²) in [7, 11) is -3.34. The second-order valence-corrected chi connectivity index (χ2v) is 13.2. The Morgan fingerprint density at radius 3 is 2.00 bits per heavy atom. The number of hydrogen-bond donors (Lipinski definition) is 0. The van der Waals surface area contributed by atoms with Gasteiger partial charge in [0.05, 0.1) is 10.3 Å². The van der Waals surface area contributed by atoms with Crippen molar-refractivity contribution in [2.75, 3.05) is 12.5 Å². The van der Waals surface area contributed by atoms with Gasteiger partial charge in [-0.3, -0.25) is 4.98 Å². The van der Waals surface area contributed by atoms with Crippen LogP contribution in [0, 0.1) is 0 Å². The highest BCUT2D eigenvalue weighted by Crippen LogP contribution is 2.39. The lowest BCUT2D eigenvalue weighted by molar-refractivity contribution is 0.561. The summed E-state index contributed by atoms with van der Waals surface area (Å²) >= 11 is 1.73. The van der Waals surface area contributed by atoms with E-state index in [4.69, 9.17) is 0 Å². The largest absolute Gasteiger partial charge is 0.256 e. The van der Waals surface area contributed by atoms with E-state index in [1.807, 2.05) is 24.3 Å². The molecule has 0 spiro atoms. The molecule has 5 rings (SSSR count). The summed E-state index contributed by atoms with van der Waals surface area (Å²) in [5.41, 5.74) is 8.11. The molecule has 186 valence electrons. The molecule has 0 aliphatic carbocycles. The summed E-state index contributed by atoms with van der Waals surface area (Å²) < 4.78 is 24.3. The molecule has 0 unspecified atom stereocenters. The molecule has 1 heterocycles. The molecule has 0 N–H and O–H groups in total. The predicted octanol–water partition coefficient (Wildman–Crippen LogP) is 8.24. The van der Waals surface area contributed by atoms with Gasteiger partial charge in [-0.2, -0.15) is 0 Å². The summed E-state index contributed by atoms with van der Waals surface area (Å²) in [6, 6.07) is 33.3. The van der Waals surface area contributed by atoms with E-state index in [1.165, 1.54) is 22.3 Å². The van der Waals surface area contributed by atoms with Crippen LogP contribution < -0.4 is 0 Å². The van der Waals surface area contributed by atoms with Crippen molar-refractivity contribution in [2.45, 2.75) is 23.5 Å². The third-order valence-electron chi connectivity index (χ3n) is 7.14. The number of sulfone groups is 1. The van der Waals surface area contributed by atoms with Crippen molar-refractivity contribution in [3.8, 4) is 33.4 Å². The van der Waals surface area contributed by atoms with E-state index in [1.54, 1.807) is 31.8 Å². The Morgan fingerprint density at radius 1 is 0.703 bits per heavy atom. The summed E-state index contributed by atoms with van der Waals surface area (Å²) in [5.74, 6) is 0. The highest BCUT2D eigenvalue weighted by Gasteiger charge is 2.33. The van der Waals surface area contributed by atoms with Crippen LogP contribution in [-0.4, -0.2) is 25.9 Å². The van der Waals surface area contributed by atoms with Gasteiger partial charge in [0.15, 0.2) is 9.84 Å². The first-order valence-corrected chi connectivity index (χ1v) is 15.2. The molecule has 0 fully saturated rings. The standard InChI is InChI=1S/C32H29NO2S2/c1-32(2,37(4,34)35)26-20-25-11-8-18-33-31(25)30(21-26)24-10-7-9-23(19-24)29-13-6-5-12-28(29)22-14-16-27(36-3)17-15-22/h5-21H,1-4H3. The number of hydrogen-bond acceptors (Lipinski definition) is 4. The predicted molar refractivity (Wildman–Crippen MR) is 158 cm³/mol. The highest BCUT2D eigenvalue weighted by molar-refractivity contribution is 7.98. The van der Waals surface area contributed by atoms with Crippen molar-refractivity contribution in [3.05, 3.63) is 109 Å². The van der Waals surface area contributed by atoms with Crippen LogP contribution in [0.1, 0.15) is 19.4 Å². The van der Waals surface area contributed by atoms with E-state index in [9.17, 15) is 8.42 Å². The van der Waals surface area contributed by atoms with Gasteiger partial charge in [0.25, 0.3) is 0 Å². The van der Waals surface area contributed by atoms with Crippen LogP contribution in [-0.2, 0) is 14.6 Å². The average molecular weight is 524 g/mol. The SMILES string of the molecule is CSc1ccc(-c2ccccc2-c2cccc(-c3cc(C(C)(C)S(C)(=O)=O)cc4cccnc34)c2)cc1. The zero-order chi connectivity index (χ0) is 26.2. The van der Waals surface area contributed by atoms with E-state index in [0.29, 0.717) is 0 Å². The van der Waals surface area contributed by atoms with E-state index < -0.39 is 14.6 Å². The first-order valence-electron chi connectivity index (χ1n) is 12.1. The van der Waals surface area contributed by atoms with Crippen molar-refractivity contribution < 1.29 is 8.42 Å². The first kappa shape index (κ1) is 25.2. The van der Waals surface area contributed by atoms with Crippen LogP contribution in [0.5, 0.6) is 0 Å². The van der Waals surface area contributed by atoms with Crippen LogP contribution in [0.15, 0.2) is 108 Å². The van der Waals surface area contributed by atoms with Crippen LogP contribution >= 0.6 is 11.8 Å². The van der Waals surface area contributed by atoms with Gasteiger partial charge in [0.1, 0.15) is 0 Å². The minimum Gasteiger partial charge on any atom is -0.256 e. The number of benzene rings is 4. The molecule has 0 bridgehead atoms. The lowest BCUT2D eigenvalue weighted by Crippen LogP contribution is -2.28.